The van der Waals surface area contributed by atoms with Crippen LogP contribution < -0.4 is 11.1 Å². The van der Waals surface area contributed by atoms with Crippen molar-refractivity contribution < 1.29 is 9.53 Å². The van der Waals surface area contributed by atoms with Crippen molar-refractivity contribution in [2.75, 3.05) is 25.1 Å². The third-order valence-corrected chi connectivity index (χ3v) is 2.43. The van der Waals surface area contributed by atoms with E-state index in [9.17, 15) is 4.79 Å². The average Bonchev–Trinajstić information content (AvgIpc) is 2.27. The molecule has 18 heavy (non-hydrogen) atoms. The van der Waals surface area contributed by atoms with Crippen molar-refractivity contribution in [2.24, 2.45) is 5.73 Å². The number of nitrogens with one attached hydrogen (secondary N) is 1. The number of halogens is 1. The Hall–Kier alpha value is -1.21. The summed E-state index contributed by atoms with van der Waals surface area (Å²) >= 11 is 3.34. The van der Waals surface area contributed by atoms with E-state index < -0.39 is 5.91 Å². The van der Waals surface area contributed by atoms with E-state index in [0.29, 0.717) is 13.2 Å². The summed E-state index contributed by atoms with van der Waals surface area (Å²) in [6.07, 6.45) is 0. The molecule has 100 valence electrons. The minimum absolute atomic E-state index is 0.0631. The summed E-state index contributed by atoms with van der Waals surface area (Å²) in [7, 11) is 0. The number of primary amides is 1. The maximum absolute atomic E-state index is 10.4. The number of carbonyl (C=O) groups excluding carboxylic acids is 1. The number of hydrogen-bond acceptors (Lipinski definition) is 5. The lowest BCUT2D eigenvalue weighted by atomic mass is 10.2. The van der Waals surface area contributed by atoms with Crippen LogP contribution in [-0.2, 0) is 9.53 Å². The van der Waals surface area contributed by atoms with Gasteiger partial charge >= 0.3 is 0 Å². The summed E-state index contributed by atoms with van der Waals surface area (Å²) in [5.74, 6) is 1.28. The molecule has 1 rings (SSSR count). The van der Waals surface area contributed by atoms with Gasteiger partial charge in [-0.3, -0.25) is 4.79 Å². The van der Waals surface area contributed by atoms with Crippen molar-refractivity contribution in [3.63, 3.8) is 0 Å². The first kappa shape index (κ1) is 14.8. The Kier molecular flexibility index (Phi) is 6.00. The fourth-order valence-corrected chi connectivity index (χ4v) is 1.61. The summed E-state index contributed by atoms with van der Waals surface area (Å²) < 4.78 is 5.77. The minimum atomic E-state index is -0.470. The molecule has 1 heterocycles. The normalized spacial score (nSPS) is 10.7. The van der Waals surface area contributed by atoms with E-state index in [2.05, 4.69) is 31.2 Å². The van der Waals surface area contributed by atoms with Gasteiger partial charge in [0.2, 0.25) is 5.91 Å². The predicted octanol–water partition coefficient (Wildman–Crippen LogP) is 1.28. The second kappa shape index (κ2) is 7.27. The third-order valence-electron chi connectivity index (χ3n) is 2.03. The van der Waals surface area contributed by atoms with E-state index >= 15 is 0 Å². The smallest absolute Gasteiger partial charge is 0.243 e. The molecular weight excluding hydrogens is 300 g/mol. The van der Waals surface area contributed by atoms with Gasteiger partial charge in [-0.15, -0.1) is 0 Å². The molecule has 0 aliphatic heterocycles. The fraction of sp³-hybridized carbons (Fsp3) is 0.545. The summed E-state index contributed by atoms with van der Waals surface area (Å²) in [5, 5.41) is 3.10. The number of rotatable bonds is 7. The largest absolute Gasteiger partial charge is 0.370 e. The Labute approximate surface area is 114 Å². The molecule has 6 nitrogen and oxygen atoms in total. The monoisotopic (exact) mass is 316 g/mol. The first-order valence-corrected chi connectivity index (χ1v) is 6.42. The standard InChI is InChI=1S/C11H17BrN4O2/c1-7(2)11-15-8(12)5-10(16-11)14-3-4-18-6-9(13)17/h5,7H,3-4,6H2,1-2H3,(H2,13,17)(H,14,15,16). The zero-order chi connectivity index (χ0) is 13.5. The van der Waals surface area contributed by atoms with E-state index in [1.165, 1.54) is 0 Å². The highest BCUT2D eigenvalue weighted by Gasteiger charge is 2.06. The summed E-state index contributed by atoms with van der Waals surface area (Å²) in [6, 6.07) is 1.79. The van der Waals surface area contributed by atoms with Gasteiger partial charge in [-0.1, -0.05) is 13.8 Å². The molecule has 0 unspecified atom stereocenters. The molecule has 1 aromatic rings. The van der Waals surface area contributed by atoms with E-state index in [-0.39, 0.29) is 12.5 Å². The Morgan fingerprint density at radius 2 is 2.28 bits per heavy atom. The SMILES string of the molecule is CC(C)c1nc(Br)cc(NCCOCC(N)=O)n1. The summed E-state index contributed by atoms with van der Waals surface area (Å²) in [5.41, 5.74) is 4.95. The highest BCUT2D eigenvalue weighted by atomic mass is 79.9. The van der Waals surface area contributed by atoms with Gasteiger partial charge in [0.25, 0.3) is 0 Å². The molecule has 3 N–H and O–H groups in total. The van der Waals surface area contributed by atoms with E-state index in [0.717, 1.165) is 16.2 Å². The van der Waals surface area contributed by atoms with Crippen LogP contribution in [0.2, 0.25) is 0 Å². The van der Waals surface area contributed by atoms with Crippen LogP contribution in [0.5, 0.6) is 0 Å². The maximum atomic E-state index is 10.4. The number of nitrogens with two attached hydrogens (primary N) is 1. The Morgan fingerprint density at radius 3 is 2.89 bits per heavy atom. The second-order valence-electron chi connectivity index (χ2n) is 4.03. The van der Waals surface area contributed by atoms with Crippen LogP contribution in [0.1, 0.15) is 25.6 Å². The molecule has 1 amide bonds. The first-order chi connectivity index (χ1) is 8.49. The van der Waals surface area contributed by atoms with Gasteiger partial charge in [-0.25, -0.2) is 9.97 Å². The van der Waals surface area contributed by atoms with Crippen molar-refractivity contribution in [3.05, 3.63) is 16.5 Å². The molecule has 0 bridgehead atoms. The molecule has 0 radical (unpaired) electrons. The van der Waals surface area contributed by atoms with E-state index in [1.807, 2.05) is 13.8 Å². The number of ether oxygens (including phenoxy) is 1. The molecule has 0 spiro atoms. The van der Waals surface area contributed by atoms with Crippen molar-refractivity contribution in [3.8, 4) is 0 Å². The molecule has 0 atom stereocenters. The Balaban J connectivity index is 2.44. The number of anilines is 1. The molecule has 1 aromatic heterocycles. The zero-order valence-electron chi connectivity index (χ0n) is 10.4. The molecule has 0 saturated carbocycles. The zero-order valence-corrected chi connectivity index (χ0v) is 12.0. The topological polar surface area (TPSA) is 90.1 Å². The van der Waals surface area contributed by atoms with E-state index in [4.69, 9.17) is 10.5 Å². The van der Waals surface area contributed by atoms with Gasteiger partial charge in [-0.2, -0.15) is 0 Å². The summed E-state index contributed by atoms with van der Waals surface area (Å²) in [4.78, 5) is 19.1. The highest BCUT2D eigenvalue weighted by Crippen LogP contribution is 2.17. The molecular formula is C11H17BrN4O2. The maximum Gasteiger partial charge on any atom is 0.243 e. The molecule has 0 aliphatic rings. The van der Waals surface area contributed by atoms with Crippen molar-refractivity contribution >= 4 is 27.7 Å². The molecule has 0 saturated heterocycles. The number of amides is 1. The van der Waals surface area contributed by atoms with Crippen molar-refractivity contribution in [1.82, 2.24) is 9.97 Å². The average molecular weight is 317 g/mol. The van der Waals surface area contributed by atoms with Gasteiger partial charge in [0.05, 0.1) is 6.61 Å². The van der Waals surface area contributed by atoms with Crippen LogP contribution >= 0.6 is 15.9 Å². The highest BCUT2D eigenvalue weighted by molar-refractivity contribution is 9.10. The molecule has 7 heteroatoms. The minimum Gasteiger partial charge on any atom is -0.370 e. The lowest BCUT2D eigenvalue weighted by Crippen LogP contribution is -2.20. The number of aromatic nitrogens is 2. The van der Waals surface area contributed by atoms with Crippen LogP contribution in [0.15, 0.2) is 10.7 Å². The third kappa shape index (κ3) is 5.42. The number of hydrogen-bond donors (Lipinski definition) is 2. The summed E-state index contributed by atoms with van der Waals surface area (Å²) in [6.45, 7) is 4.94. The van der Waals surface area contributed by atoms with Gasteiger partial charge in [-0.05, 0) is 15.9 Å². The van der Waals surface area contributed by atoms with E-state index in [1.54, 1.807) is 6.07 Å². The molecule has 0 aliphatic carbocycles. The van der Waals surface area contributed by atoms with Crippen LogP contribution in [0.3, 0.4) is 0 Å². The number of nitrogens with zero attached hydrogens (tertiary/aromatic N) is 2. The molecule has 0 aromatic carbocycles. The quantitative estimate of drug-likeness (QED) is 0.584. The van der Waals surface area contributed by atoms with Crippen molar-refractivity contribution in [1.29, 1.82) is 0 Å². The van der Waals surface area contributed by atoms with Crippen LogP contribution in [0.25, 0.3) is 0 Å². The van der Waals surface area contributed by atoms with Crippen molar-refractivity contribution in [2.45, 2.75) is 19.8 Å². The van der Waals surface area contributed by atoms with Gasteiger partial charge in [0, 0.05) is 18.5 Å². The van der Waals surface area contributed by atoms with Gasteiger partial charge < -0.3 is 15.8 Å². The fourth-order valence-electron chi connectivity index (χ4n) is 1.21. The molecule has 0 fully saturated rings. The van der Waals surface area contributed by atoms with Crippen LogP contribution in [-0.4, -0.2) is 35.6 Å². The van der Waals surface area contributed by atoms with Gasteiger partial charge in [0.1, 0.15) is 22.9 Å². The lowest BCUT2D eigenvalue weighted by Gasteiger charge is -2.09. The Bertz CT molecular complexity index is 412. The van der Waals surface area contributed by atoms with Crippen LogP contribution in [0.4, 0.5) is 5.82 Å². The predicted molar refractivity (Wildman–Crippen MR) is 72.3 cm³/mol. The van der Waals surface area contributed by atoms with Gasteiger partial charge in [0.15, 0.2) is 0 Å². The lowest BCUT2D eigenvalue weighted by molar-refractivity contribution is -0.122. The van der Waals surface area contributed by atoms with Crippen LogP contribution in [0, 0.1) is 0 Å². The second-order valence-corrected chi connectivity index (χ2v) is 4.85. The number of carbonyl (C=O) groups is 1. The Morgan fingerprint density at radius 1 is 1.56 bits per heavy atom. The first-order valence-electron chi connectivity index (χ1n) is 5.63.